The van der Waals surface area contributed by atoms with Gasteiger partial charge in [-0.3, -0.25) is 4.79 Å². The fraction of sp³-hybridized carbons (Fsp3) is 0.438. The van der Waals surface area contributed by atoms with Gasteiger partial charge in [0, 0.05) is 13.5 Å². The number of nitrogens with zero attached hydrogens (tertiary/aromatic N) is 3. The van der Waals surface area contributed by atoms with Crippen LogP contribution in [0.4, 0.5) is 13.2 Å². The van der Waals surface area contributed by atoms with Gasteiger partial charge in [0.1, 0.15) is 6.33 Å². The van der Waals surface area contributed by atoms with E-state index in [4.69, 9.17) is 9.47 Å². The van der Waals surface area contributed by atoms with E-state index in [1.165, 1.54) is 19.5 Å². The van der Waals surface area contributed by atoms with Crippen molar-refractivity contribution < 1.29 is 27.4 Å². The van der Waals surface area contributed by atoms with Gasteiger partial charge in [0.05, 0.1) is 13.7 Å². The third kappa shape index (κ3) is 5.94. The van der Waals surface area contributed by atoms with Crippen molar-refractivity contribution in [3.63, 3.8) is 0 Å². The molecule has 0 unspecified atom stereocenters. The van der Waals surface area contributed by atoms with Crippen LogP contribution in [-0.4, -0.2) is 40.6 Å². The highest BCUT2D eigenvalue weighted by atomic mass is 19.4. The van der Waals surface area contributed by atoms with Gasteiger partial charge < -0.3 is 19.4 Å². The molecule has 2 aromatic rings. The highest BCUT2D eigenvalue weighted by Crippen LogP contribution is 2.30. The van der Waals surface area contributed by atoms with Crippen LogP contribution in [0.15, 0.2) is 24.5 Å². The van der Waals surface area contributed by atoms with Crippen LogP contribution >= 0.6 is 0 Å². The van der Waals surface area contributed by atoms with Crippen LogP contribution in [0.1, 0.15) is 17.8 Å². The van der Waals surface area contributed by atoms with Gasteiger partial charge in [-0.05, 0) is 24.1 Å². The zero-order valence-corrected chi connectivity index (χ0v) is 14.3. The van der Waals surface area contributed by atoms with Gasteiger partial charge in [0.2, 0.25) is 5.91 Å². The second kappa shape index (κ2) is 8.54. The minimum absolute atomic E-state index is 0.000286. The van der Waals surface area contributed by atoms with Crippen molar-refractivity contribution in [1.29, 1.82) is 0 Å². The molecule has 1 N–H and O–H groups in total. The van der Waals surface area contributed by atoms with Crippen LogP contribution in [0.2, 0.25) is 0 Å². The first kappa shape index (κ1) is 19.5. The van der Waals surface area contributed by atoms with Crippen molar-refractivity contribution in [1.82, 2.24) is 20.1 Å². The maximum absolute atomic E-state index is 12.2. The number of benzene rings is 1. The molecule has 26 heavy (non-hydrogen) atoms. The van der Waals surface area contributed by atoms with E-state index in [1.807, 2.05) is 0 Å². The lowest BCUT2D eigenvalue weighted by atomic mass is 10.1. The van der Waals surface area contributed by atoms with Gasteiger partial charge in [-0.15, -0.1) is 10.2 Å². The van der Waals surface area contributed by atoms with Gasteiger partial charge in [0.15, 0.2) is 23.9 Å². The number of hydrogen-bond donors (Lipinski definition) is 1. The van der Waals surface area contributed by atoms with Crippen LogP contribution in [-0.2, 0) is 24.8 Å². The van der Waals surface area contributed by atoms with E-state index in [9.17, 15) is 18.0 Å². The molecule has 1 amide bonds. The van der Waals surface area contributed by atoms with Gasteiger partial charge >= 0.3 is 6.18 Å². The predicted molar refractivity (Wildman–Crippen MR) is 85.7 cm³/mol. The Bertz CT molecular complexity index is 747. The SMILES string of the molecule is COc1cc(CCC(=O)NCc2nncn2C)ccc1OCC(F)(F)F. The molecule has 2 rings (SSSR count). The molecule has 0 aliphatic rings. The number of carbonyl (C=O) groups is 1. The van der Waals surface area contributed by atoms with Crippen molar-refractivity contribution in [2.24, 2.45) is 7.05 Å². The topological polar surface area (TPSA) is 78.3 Å². The van der Waals surface area contributed by atoms with E-state index in [2.05, 4.69) is 15.5 Å². The van der Waals surface area contributed by atoms with E-state index in [0.717, 1.165) is 5.56 Å². The summed E-state index contributed by atoms with van der Waals surface area (Å²) in [7, 11) is 3.11. The molecule has 0 radical (unpaired) electrons. The Hall–Kier alpha value is -2.78. The number of alkyl halides is 3. The Kier molecular flexibility index (Phi) is 6.42. The number of nitrogens with one attached hydrogen (secondary N) is 1. The lowest BCUT2D eigenvalue weighted by molar-refractivity contribution is -0.153. The molecule has 0 aliphatic carbocycles. The molecule has 1 aromatic carbocycles. The van der Waals surface area contributed by atoms with E-state index in [-0.39, 0.29) is 30.4 Å². The summed E-state index contributed by atoms with van der Waals surface area (Å²) in [5, 5.41) is 10.3. The molecule has 0 saturated heterocycles. The number of hydrogen-bond acceptors (Lipinski definition) is 5. The minimum Gasteiger partial charge on any atom is -0.493 e. The highest BCUT2D eigenvalue weighted by Gasteiger charge is 2.29. The Morgan fingerprint density at radius 3 is 2.69 bits per heavy atom. The van der Waals surface area contributed by atoms with E-state index < -0.39 is 12.8 Å². The quantitative estimate of drug-likeness (QED) is 0.767. The fourth-order valence-electron chi connectivity index (χ4n) is 2.14. The van der Waals surface area contributed by atoms with Crippen LogP contribution in [0.25, 0.3) is 0 Å². The molecule has 0 fully saturated rings. The standard InChI is InChI=1S/C16H19F3N4O3/c1-23-10-21-22-14(23)8-20-15(24)6-4-11-3-5-12(13(7-11)25-2)26-9-16(17,18)19/h3,5,7,10H,4,6,8-9H2,1-2H3,(H,20,24). The summed E-state index contributed by atoms with van der Waals surface area (Å²) in [6.07, 6.45) is -2.27. The Morgan fingerprint density at radius 1 is 1.31 bits per heavy atom. The highest BCUT2D eigenvalue weighted by molar-refractivity contribution is 5.76. The lowest BCUT2D eigenvalue weighted by Crippen LogP contribution is -2.24. The van der Waals surface area contributed by atoms with E-state index in [0.29, 0.717) is 12.2 Å². The lowest BCUT2D eigenvalue weighted by Gasteiger charge is -2.13. The Labute approximate surface area is 148 Å². The third-order valence-corrected chi connectivity index (χ3v) is 3.51. The number of methoxy groups -OCH3 is 1. The van der Waals surface area contributed by atoms with Crippen molar-refractivity contribution >= 4 is 5.91 Å². The summed E-state index contributed by atoms with van der Waals surface area (Å²) < 4.78 is 48.2. The number of amides is 1. The van der Waals surface area contributed by atoms with Crippen LogP contribution in [0.5, 0.6) is 11.5 Å². The zero-order chi connectivity index (χ0) is 19.2. The first-order valence-electron chi connectivity index (χ1n) is 7.74. The molecular weight excluding hydrogens is 353 g/mol. The van der Waals surface area contributed by atoms with E-state index in [1.54, 1.807) is 23.7 Å². The van der Waals surface area contributed by atoms with Gasteiger partial charge in [0.25, 0.3) is 0 Å². The molecule has 7 nitrogen and oxygen atoms in total. The Balaban J connectivity index is 1.86. The summed E-state index contributed by atoms with van der Waals surface area (Å²) in [6, 6.07) is 4.56. The minimum atomic E-state index is -4.43. The van der Waals surface area contributed by atoms with Crippen molar-refractivity contribution in [2.45, 2.75) is 25.6 Å². The molecule has 1 aromatic heterocycles. The first-order valence-corrected chi connectivity index (χ1v) is 7.74. The fourth-order valence-corrected chi connectivity index (χ4v) is 2.14. The molecule has 10 heteroatoms. The van der Waals surface area contributed by atoms with Crippen molar-refractivity contribution in [3.05, 3.63) is 35.9 Å². The van der Waals surface area contributed by atoms with Crippen LogP contribution < -0.4 is 14.8 Å². The maximum Gasteiger partial charge on any atom is 0.422 e. The maximum atomic E-state index is 12.2. The van der Waals surface area contributed by atoms with Gasteiger partial charge in [-0.25, -0.2) is 0 Å². The number of halogens is 3. The summed E-state index contributed by atoms with van der Waals surface area (Å²) in [6.45, 7) is -1.13. The van der Waals surface area contributed by atoms with Crippen molar-refractivity contribution in [3.8, 4) is 11.5 Å². The summed E-state index contributed by atoms with van der Waals surface area (Å²) in [5.41, 5.74) is 0.745. The average molecular weight is 372 g/mol. The van der Waals surface area contributed by atoms with Crippen molar-refractivity contribution in [2.75, 3.05) is 13.7 Å². The summed E-state index contributed by atoms with van der Waals surface area (Å²) >= 11 is 0. The van der Waals surface area contributed by atoms with Gasteiger partial charge in [-0.1, -0.05) is 6.07 Å². The number of rotatable bonds is 8. The largest absolute Gasteiger partial charge is 0.493 e. The normalized spacial score (nSPS) is 11.3. The monoisotopic (exact) mass is 372 g/mol. The average Bonchev–Trinajstić information content (AvgIpc) is 3.00. The van der Waals surface area contributed by atoms with Crippen LogP contribution in [0, 0.1) is 0 Å². The molecule has 0 spiro atoms. The molecule has 0 atom stereocenters. The zero-order valence-electron chi connectivity index (χ0n) is 14.3. The third-order valence-electron chi connectivity index (χ3n) is 3.51. The van der Waals surface area contributed by atoms with Crippen LogP contribution in [0.3, 0.4) is 0 Å². The predicted octanol–water partition coefficient (Wildman–Crippen LogP) is 2.01. The summed E-state index contributed by atoms with van der Waals surface area (Å²) in [5.74, 6) is 0.641. The number of aryl methyl sites for hydroxylation is 2. The molecular formula is C16H19F3N4O3. The van der Waals surface area contributed by atoms with E-state index >= 15 is 0 Å². The molecule has 0 saturated carbocycles. The first-order chi connectivity index (χ1) is 12.3. The molecule has 0 bridgehead atoms. The Morgan fingerprint density at radius 2 is 2.08 bits per heavy atom. The second-order valence-electron chi connectivity index (χ2n) is 5.52. The smallest absolute Gasteiger partial charge is 0.422 e. The number of aromatic nitrogens is 3. The molecule has 142 valence electrons. The van der Waals surface area contributed by atoms with Gasteiger partial charge in [-0.2, -0.15) is 13.2 Å². The molecule has 1 heterocycles. The number of carbonyl (C=O) groups excluding carboxylic acids is 1. The number of ether oxygens (including phenoxy) is 2. The second-order valence-corrected chi connectivity index (χ2v) is 5.52. The molecule has 0 aliphatic heterocycles. The summed E-state index contributed by atoms with van der Waals surface area (Å²) in [4.78, 5) is 11.9.